The lowest BCUT2D eigenvalue weighted by molar-refractivity contribution is -0.121. The summed E-state index contributed by atoms with van der Waals surface area (Å²) in [6, 6.07) is 0. The Kier molecular flexibility index (Phi) is 4.24. The van der Waals surface area contributed by atoms with Crippen LogP contribution in [0.2, 0.25) is 0 Å². The number of likely N-dealkylation sites (tertiary alicyclic amines) is 1. The molecule has 2 saturated heterocycles. The number of nitrogens with zero attached hydrogens (tertiary/aromatic N) is 2. The Labute approximate surface area is 117 Å². The van der Waals surface area contributed by atoms with Crippen LogP contribution in [0.1, 0.15) is 12.8 Å². The van der Waals surface area contributed by atoms with Crippen molar-refractivity contribution in [1.29, 1.82) is 0 Å². The molecule has 0 aromatic carbocycles. The highest BCUT2D eigenvalue weighted by molar-refractivity contribution is 8.26. The first kappa shape index (κ1) is 13.4. The first-order chi connectivity index (χ1) is 8.63. The maximum Gasteiger partial charge on any atom is 0.266 e. The van der Waals surface area contributed by atoms with Gasteiger partial charge in [-0.3, -0.25) is 9.69 Å². The van der Waals surface area contributed by atoms with E-state index in [1.54, 1.807) is 11.0 Å². The molecule has 2 heterocycles. The molecule has 0 saturated carbocycles. The number of carbonyl (C=O) groups is 1. The summed E-state index contributed by atoms with van der Waals surface area (Å²) in [6.45, 7) is 5.22. The second kappa shape index (κ2) is 5.71. The third kappa shape index (κ3) is 2.67. The monoisotopic (exact) mass is 280 g/mol. The molecule has 0 N–H and O–H groups in total. The molecule has 2 fully saturated rings. The van der Waals surface area contributed by atoms with Crippen LogP contribution >= 0.6 is 24.0 Å². The zero-order valence-electron chi connectivity index (χ0n) is 10.4. The minimum Gasteiger partial charge on any atom is -0.378 e. The molecule has 0 radical (unpaired) electrons. The van der Waals surface area contributed by atoms with Gasteiger partial charge in [0.1, 0.15) is 4.32 Å². The zero-order valence-corrected chi connectivity index (χ0v) is 12.0. The van der Waals surface area contributed by atoms with Gasteiger partial charge in [0.15, 0.2) is 0 Å². The van der Waals surface area contributed by atoms with Gasteiger partial charge in [-0.05, 0) is 25.0 Å². The lowest BCUT2D eigenvalue weighted by atomic mass is 10.3. The van der Waals surface area contributed by atoms with Crippen molar-refractivity contribution in [3.63, 3.8) is 0 Å². The number of amides is 1. The van der Waals surface area contributed by atoms with E-state index in [2.05, 4.69) is 18.5 Å². The van der Waals surface area contributed by atoms with Gasteiger partial charge < -0.3 is 4.90 Å². The standard InChI is InChI=1S/C13H16N2OS2/c1-3-8-15-12(16)11(18-13(15)17)7-6-10-5-4-9-14(10)2/h3,6-7H,1,4-5,8-9H2,2H3/b10-6+,11-7+. The number of thiocarbonyl (C=S) groups is 1. The smallest absolute Gasteiger partial charge is 0.266 e. The fourth-order valence-corrected chi connectivity index (χ4v) is 3.23. The molecule has 0 atom stereocenters. The van der Waals surface area contributed by atoms with E-state index >= 15 is 0 Å². The van der Waals surface area contributed by atoms with Crippen molar-refractivity contribution in [3.8, 4) is 0 Å². The van der Waals surface area contributed by atoms with Crippen molar-refractivity contribution in [2.45, 2.75) is 12.8 Å². The average molecular weight is 280 g/mol. The molecule has 0 aliphatic carbocycles. The first-order valence-corrected chi connectivity index (χ1v) is 7.12. The number of allylic oxidation sites excluding steroid dienone is 3. The van der Waals surface area contributed by atoms with Crippen LogP contribution in [0.15, 0.2) is 35.4 Å². The first-order valence-electron chi connectivity index (χ1n) is 5.90. The van der Waals surface area contributed by atoms with E-state index in [0.29, 0.717) is 15.8 Å². The van der Waals surface area contributed by atoms with Crippen LogP contribution in [0.4, 0.5) is 0 Å². The van der Waals surface area contributed by atoms with Gasteiger partial charge in [-0.25, -0.2) is 0 Å². The molecular formula is C13H16N2OS2. The number of rotatable bonds is 3. The van der Waals surface area contributed by atoms with Crippen LogP contribution < -0.4 is 0 Å². The lowest BCUT2D eigenvalue weighted by Gasteiger charge is -2.11. The molecule has 96 valence electrons. The summed E-state index contributed by atoms with van der Waals surface area (Å²) in [5.74, 6) is -0.0117. The number of hydrogen-bond donors (Lipinski definition) is 0. The molecule has 2 aliphatic rings. The molecule has 0 aromatic heterocycles. The number of hydrogen-bond acceptors (Lipinski definition) is 4. The van der Waals surface area contributed by atoms with Crippen molar-refractivity contribution in [2.75, 3.05) is 20.1 Å². The fourth-order valence-electron chi connectivity index (χ4n) is 2.01. The Bertz CT molecular complexity index is 454. The Morgan fingerprint density at radius 1 is 1.50 bits per heavy atom. The van der Waals surface area contributed by atoms with E-state index in [1.165, 1.54) is 23.9 Å². The van der Waals surface area contributed by atoms with Crippen LogP contribution in [-0.2, 0) is 4.79 Å². The largest absolute Gasteiger partial charge is 0.378 e. The second-order valence-corrected chi connectivity index (χ2v) is 5.96. The Balaban J connectivity index is 2.13. The van der Waals surface area contributed by atoms with Crippen molar-refractivity contribution in [1.82, 2.24) is 9.80 Å². The maximum atomic E-state index is 12.1. The summed E-state index contributed by atoms with van der Waals surface area (Å²) in [5.41, 5.74) is 1.28. The molecule has 0 bridgehead atoms. The molecule has 0 unspecified atom stereocenters. The summed E-state index contributed by atoms with van der Waals surface area (Å²) in [5, 5.41) is 0. The summed E-state index contributed by atoms with van der Waals surface area (Å²) in [6.07, 6.45) is 7.89. The summed E-state index contributed by atoms with van der Waals surface area (Å²) >= 11 is 6.54. The minimum absolute atomic E-state index is 0.0117. The predicted octanol–water partition coefficient (Wildman–Crippen LogP) is 2.53. The number of carbonyl (C=O) groups excluding carboxylic acids is 1. The van der Waals surface area contributed by atoms with E-state index in [1.807, 2.05) is 12.2 Å². The van der Waals surface area contributed by atoms with E-state index < -0.39 is 0 Å². The third-order valence-electron chi connectivity index (χ3n) is 3.03. The van der Waals surface area contributed by atoms with Crippen LogP contribution in [0.25, 0.3) is 0 Å². The highest BCUT2D eigenvalue weighted by Crippen LogP contribution is 2.31. The number of thioether (sulfide) groups is 1. The topological polar surface area (TPSA) is 23.6 Å². The summed E-state index contributed by atoms with van der Waals surface area (Å²) in [7, 11) is 2.08. The van der Waals surface area contributed by atoms with Gasteiger partial charge in [0, 0.05) is 25.8 Å². The van der Waals surface area contributed by atoms with Crippen molar-refractivity contribution in [2.24, 2.45) is 0 Å². The van der Waals surface area contributed by atoms with Crippen LogP contribution in [0, 0.1) is 0 Å². The molecule has 2 rings (SSSR count). The second-order valence-electron chi connectivity index (χ2n) is 4.29. The molecule has 5 heteroatoms. The van der Waals surface area contributed by atoms with E-state index in [0.717, 1.165) is 13.0 Å². The summed E-state index contributed by atoms with van der Waals surface area (Å²) in [4.78, 5) is 16.6. The Morgan fingerprint density at radius 2 is 2.28 bits per heavy atom. The molecule has 3 nitrogen and oxygen atoms in total. The Morgan fingerprint density at radius 3 is 2.89 bits per heavy atom. The van der Waals surface area contributed by atoms with Crippen LogP contribution in [0.5, 0.6) is 0 Å². The van der Waals surface area contributed by atoms with E-state index in [9.17, 15) is 4.79 Å². The lowest BCUT2D eigenvalue weighted by Crippen LogP contribution is -2.27. The van der Waals surface area contributed by atoms with Gasteiger partial charge in [-0.2, -0.15) is 0 Å². The van der Waals surface area contributed by atoms with Gasteiger partial charge in [-0.15, -0.1) is 6.58 Å². The van der Waals surface area contributed by atoms with Gasteiger partial charge in [0.2, 0.25) is 0 Å². The average Bonchev–Trinajstić information content (AvgIpc) is 2.86. The van der Waals surface area contributed by atoms with Crippen molar-refractivity contribution >= 4 is 34.2 Å². The van der Waals surface area contributed by atoms with Crippen molar-refractivity contribution in [3.05, 3.63) is 35.4 Å². The van der Waals surface area contributed by atoms with Gasteiger partial charge in [-0.1, -0.05) is 30.1 Å². The van der Waals surface area contributed by atoms with Crippen molar-refractivity contribution < 1.29 is 4.79 Å². The fraction of sp³-hybridized carbons (Fsp3) is 0.385. The molecule has 0 aromatic rings. The van der Waals surface area contributed by atoms with Crippen LogP contribution in [0.3, 0.4) is 0 Å². The molecule has 1 amide bonds. The molecule has 2 aliphatic heterocycles. The summed E-state index contributed by atoms with van der Waals surface area (Å²) < 4.78 is 0.615. The van der Waals surface area contributed by atoms with Gasteiger partial charge in [0.05, 0.1) is 4.91 Å². The van der Waals surface area contributed by atoms with Gasteiger partial charge >= 0.3 is 0 Å². The quantitative estimate of drug-likeness (QED) is 0.450. The zero-order chi connectivity index (χ0) is 13.1. The molecule has 18 heavy (non-hydrogen) atoms. The third-order valence-corrected chi connectivity index (χ3v) is 4.43. The van der Waals surface area contributed by atoms with Gasteiger partial charge in [0.25, 0.3) is 5.91 Å². The molecule has 0 spiro atoms. The highest BCUT2D eigenvalue weighted by Gasteiger charge is 2.30. The predicted molar refractivity (Wildman–Crippen MR) is 80.1 cm³/mol. The Hall–Kier alpha value is -1.07. The maximum absolute atomic E-state index is 12.1. The van der Waals surface area contributed by atoms with E-state index in [-0.39, 0.29) is 5.91 Å². The van der Waals surface area contributed by atoms with Crippen LogP contribution in [-0.4, -0.2) is 40.2 Å². The molecular weight excluding hydrogens is 264 g/mol. The SMILES string of the molecule is C=CCN1C(=O)/C(=C\C=C2/CCCN2C)SC1=S. The normalized spacial score (nSPS) is 24.7. The van der Waals surface area contributed by atoms with E-state index in [4.69, 9.17) is 12.2 Å². The minimum atomic E-state index is -0.0117. The highest BCUT2D eigenvalue weighted by atomic mass is 32.2.